The Labute approximate surface area is 152 Å². The third-order valence-electron chi connectivity index (χ3n) is 5.35. The molecule has 0 N–H and O–H groups in total. The highest BCUT2D eigenvalue weighted by molar-refractivity contribution is 5.23. The molecule has 1 aromatic rings. The first-order valence-electron chi connectivity index (χ1n) is 9.56. The molecule has 1 saturated carbocycles. The van der Waals surface area contributed by atoms with Crippen molar-refractivity contribution in [3.8, 4) is 0 Å². The van der Waals surface area contributed by atoms with Crippen LogP contribution in [-0.2, 0) is 14.2 Å². The average Bonchev–Trinajstić information content (AvgIpc) is 2.66. The average molecular weight is 372 g/mol. The van der Waals surface area contributed by atoms with Gasteiger partial charge in [0.05, 0.1) is 25.9 Å². The summed E-state index contributed by atoms with van der Waals surface area (Å²) >= 11 is 0. The number of rotatable bonds is 6. The Hall–Kier alpha value is -1.11. The summed E-state index contributed by atoms with van der Waals surface area (Å²) in [5.41, 5.74) is 0.528. The highest BCUT2D eigenvalue weighted by Gasteiger charge is 2.27. The number of ether oxygens (including phenoxy) is 3. The molecule has 6 heteroatoms. The van der Waals surface area contributed by atoms with E-state index < -0.39 is 17.5 Å². The van der Waals surface area contributed by atoms with Gasteiger partial charge >= 0.3 is 0 Å². The zero-order valence-corrected chi connectivity index (χ0v) is 15.2. The highest BCUT2D eigenvalue weighted by atomic mass is 19.2. The Balaban J connectivity index is 1.40. The Morgan fingerprint density at radius 1 is 1.00 bits per heavy atom. The predicted molar refractivity (Wildman–Crippen MR) is 91.4 cm³/mol. The molecule has 1 saturated heterocycles. The zero-order chi connectivity index (χ0) is 18.5. The van der Waals surface area contributed by atoms with Crippen LogP contribution in [0.1, 0.15) is 56.9 Å². The molecule has 1 heterocycles. The molecule has 3 nitrogen and oxygen atoms in total. The third kappa shape index (κ3) is 4.99. The van der Waals surface area contributed by atoms with Gasteiger partial charge in [0.25, 0.3) is 0 Å². The summed E-state index contributed by atoms with van der Waals surface area (Å²) in [5, 5.41) is 0. The smallest absolute Gasteiger partial charge is 0.194 e. The van der Waals surface area contributed by atoms with Gasteiger partial charge in [0, 0.05) is 5.92 Å². The predicted octanol–water partition coefficient (Wildman–Crippen LogP) is 4.94. The Kier molecular flexibility index (Phi) is 6.95. The van der Waals surface area contributed by atoms with Gasteiger partial charge in [0.15, 0.2) is 23.7 Å². The fraction of sp³-hybridized carbons (Fsp3) is 0.700. The SMILES string of the molecule is CCCC1COC(COC2CCC(c3cc(F)c(F)c(F)c3)CC2)OC1. The van der Waals surface area contributed by atoms with Crippen LogP contribution >= 0.6 is 0 Å². The topological polar surface area (TPSA) is 27.7 Å². The van der Waals surface area contributed by atoms with Gasteiger partial charge in [-0.2, -0.15) is 0 Å². The number of hydrogen-bond donors (Lipinski definition) is 0. The molecular weight excluding hydrogens is 345 g/mol. The van der Waals surface area contributed by atoms with E-state index in [4.69, 9.17) is 14.2 Å². The van der Waals surface area contributed by atoms with Gasteiger partial charge in [-0.1, -0.05) is 13.3 Å². The Morgan fingerprint density at radius 2 is 1.62 bits per heavy atom. The first-order valence-corrected chi connectivity index (χ1v) is 9.56. The van der Waals surface area contributed by atoms with Gasteiger partial charge in [-0.15, -0.1) is 0 Å². The van der Waals surface area contributed by atoms with E-state index in [1.807, 2.05) is 0 Å². The molecule has 2 fully saturated rings. The molecule has 1 aliphatic carbocycles. The van der Waals surface area contributed by atoms with Crippen LogP contribution < -0.4 is 0 Å². The summed E-state index contributed by atoms with van der Waals surface area (Å²) in [6, 6.07) is 2.22. The van der Waals surface area contributed by atoms with Crippen LogP contribution in [0.4, 0.5) is 13.2 Å². The Bertz CT molecular complexity index is 557. The maximum atomic E-state index is 13.4. The number of benzene rings is 1. The van der Waals surface area contributed by atoms with Crippen LogP contribution in [0, 0.1) is 23.4 Å². The molecule has 0 bridgehead atoms. The van der Waals surface area contributed by atoms with E-state index in [0.29, 0.717) is 18.1 Å². The van der Waals surface area contributed by atoms with E-state index in [1.165, 1.54) is 0 Å². The summed E-state index contributed by atoms with van der Waals surface area (Å²) in [6.45, 7) is 4.00. The van der Waals surface area contributed by atoms with Gasteiger partial charge in [-0.25, -0.2) is 13.2 Å². The maximum Gasteiger partial charge on any atom is 0.194 e. The quantitative estimate of drug-likeness (QED) is 0.662. The van der Waals surface area contributed by atoms with Crippen molar-refractivity contribution < 1.29 is 27.4 Å². The standard InChI is InChI=1S/C20H27F3O3/c1-2-3-13-10-25-19(26-11-13)12-24-16-6-4-14(5-7-16)15-8-17(21)20(23)18(22)9-15/h8-9,13-14,16,19H,2-7,10-12H2,1H3. The molecule has 0 spiro atoms. The molecule has 0 atom stereocenters. The summed E-state index contributed by atoms with van der Waals surface area (Å²) in [6.07, 6.45) is 5.17. The van der Waals surface area contributed by atoms with Gasteiger partial charge < -0.3 is 14.2 Å². The minimum Gasteiger partial charge on any atom is -0.373 e. The second-order valence-corrected chi connectivity index (χ2v) is 7.36. The summed E-state index contributed by atoms with van der Waals surface area (Å²) in [4.78, 5) is 0. The van der Waals surface area contributed by atoms with E-state index in [1.54, 1.807) is 0 Å². The fourth-order valence-corrected chi connectivity index (χ4v) is 3.84. The van der Waals surface area contributed by atoms with Crippen molar-refractivity contribution in [1.29, 1.82) is 0 Å². The minimum absolute atomic E-state index is 0.0384. The second-order valence-electron chi connectivity index (χ2n) is 7.36. The molecular formula is C20H27F3O3. The van der Waals surface area contributed by atoms with Crippen molar-refractivity contribution in [3.05, 3.63) is 35.1 Å². The van der Waals surface area contributed by atoms with Crippen LogP contribution in [0.5, 0.6) is 0 Å². The third-order valence-corrected chi connectivity index (χ3v) is 5.35. The van der Waals surface area contributed by atoms with E-state index in [9.17, 15) is 13.2 Å². The van der Waals surface area contributed by atoms with Crippen molar-refractivity contribution in [2.75, 3.05) is 19.8 Å². The second kappa shape index (κ2) is 9.20. The lowest BCUT2D eigenvalue weighted by Crippen LogP contribution is -2.36. The lowest BCUT2D eigenvalue weighted by molar-refractivity contribution is -0.228. The van der Waals surface area contributed by atoms with Gasteiger partial charge in [-0.3, -0.25) is 0 Å². The van der Waals surface area contributed by atoms with Crippen LogP contribution in [-0.4, -0.2) is 32.2 Å². The Morgan fingerprint density at radius 3 is 2.19 bits per heavy atom. The highest BCUT2D eigenvalue weighted by Crippen LogP contribution is 2.35. The van der Waals surface area contributed by atoms with E-state index in [0.717, 1.165) is 63.9 Å². The van der Waals surface area contributed by atoms with Crippen molar-refractivity contribution in [2.45, 2.75) is 63.8 Å². The summed E-state index contributed by atoms with van der Waals surface area (Å²) < 4.78 is 57.2. The molecule has 1 aromatic carbocycles. The van der Waals surface area contributed by atoms with Crippen molar-refractivity contribution >= 4 is 0 Å². The normalized spacial score (nSPS) is 29.7. The first kappa shape index (κ1) is 19.6. The van der Waals surface area contributed by atoms with E-state index >= 15 is 0 Å². The molecule has 0 aromatic heterocycles. The minimum atomic E-state index is -1.40. The first-order chi connectivity index (χ1) is 12.6. The maximum absolute atomic E-state index is 13.4. The van der Waals surface area contributed by atoms with Crippen LogP contribution in [0.15, 0.2) is 12.1 Å². The number of hydrogen-bond acceptors (Lipinski definition) is 3. The lowest BCUT2D eigenvalue weighted by atomic mass is 9.82. The molecule has 2 aliphatic rings. The molecule has 0 amide bonds. The van der Waals surface area contributed by atoms with Crippen molar-refractivity contribution in [2.24, 2.45) is 5.92 Å². The molecule has 146 valence electrons. The van der Waals surface area contributed by atoms with Crippen molar-refractivity contribution in [1.82, 2.24) is 0 Å². The summed E-state index contributed by atoms with van der Waals surface area (Å²) in [5.74, 6) is -3.13. The molecule has 3 rings (SSSR count). The van der Waals surface area contributed by atoms with Crippen molar-refractivity contribution in [3.63, 3.8) is 0 Å². The lowest BCUT2D eigenvalue weighted by Gasteiger charge is -2.32. The molecule has 0 radical (unpaired) electrons. The van der Waals surface area contributed by atoms with Crippen LogP contribution in [0.25, 0.3) is 0 Å². The molecule has 0 unspecified atom stereocenters. The van der Waals surface area contributed by atoms with Crippen LogP contribution in [0.3, 0.4) is 0 Å². The van der Waals surface area contributed by atoms with E-state index in [-0.39, 0.29) is 18.3 Å². The van der Waals surface area contributed by atoms with Gasteiger partial charge in [0.2, 0.25) is 0 Å². The van der Waals surface area contributed by atoms with Gasteiger partial charge in [0.1, 0.15) is 0 Å². The van der Waals surface area contributed by atoms with Crippen LogP contribution in [0.2, 0.25) is 0 Å². The molecule has 1 aliphatic heterocycles. The largest absolute Gasteiger partial charge is 0.373 e. The zero-order valence-electron chi connectivity index (χ0n) is 15.2. The fourth-order valence-electron chi connectivity index (χ4n) is 3.84. The summed E-state index contributed by atoms with van der Waals surface area (Å²) in [7, 11) is 0. The number of halogens is 3. The van der Waals surface area contributed by atoms with Gasteiger partial charge in [-0.05, 0) is 55.7 Å². The molecule has 26 heavy (non-hydrogen) atoms. The monoisotopic (exact) mass is 372 g/mol. The van der Waals surface area contributed by atoms with E-state index in [2.05, 4.69) is 6.92 Å².